The summed E-state index contributed by atoms with van der Waals surface area (Å²) in [6, 6.07) is 0. The van der Waals surface area contributed by atoms with E-state index in [2.05, 4.69) is 20.8 Å². The first-order valence-electron chi connectivity index (χ1n) is 15.3. The van der Waals surface area contributed by atoms with E-state index < -0.39 is 0 Å². The van der Waals surface area contributed by atoms with Crippen LogP contribution in [0.15, 0.2) is 0 Å². The van der Waals surface area contributed by atoms with Crippen molar-refractivity contribution >= 4 is 0 Å². The fraction of sp³-hybridized carbons (Fsp3) is 1.00. The van der Waals surface area contributed by atoms with Crippen molar-refractivity contribution in [2.45, 2.75) is 194 Å². The van der Waals surface area contributed by atoms with Gasteiger partial charge < -0.3 is 0 Å². The molecule has 0 aromatic heterocycles. The molecule has 31 heavy (non-hydrogen) atoms. The molecular formula is C31H64. The molecule has 0 heterocycles. The molecule has 0 aliphatic carbocycles. The Hall–Kier alpha value is 0. The Balaban J connectivity index is 3.60. The molecule has 0 bridgehead atoms. The minimum atomic E-state index is 1.04. The smallest absolute Gasteiger partial charge is 0.0414 e. The molecule has 0 N–H and O–H groups in total. The first-order chi connectivity index (χ1) is 15.3. The molecule has 0 saturated carbocycles. The average molecular weight is 437 g/mol. The molecule has 0 nitrogen and oxygen atoms in total. The van der Waals surface area contributed by atoms with Crippen molar-refractivity contribution in [3.63, 3.8) is 0 Å². The van der Waals surface area contributed by atoms with Gasteiger partial charge in [-0.2, -0.15) is 0 Å². The van der Waals surface area contributed by atoms with Crippen molar-refractivity contribution < 1.29 is 0 Å². The highest BCUT2D eigenvalue weighted by atomic mass is 14.1. The van der Waals surface area contributed by atoms with Gasteiger partial charge in [0, 0.05) is 0 Å². The average Bonchev–Trinajstić information content (AvgIpc) is 2.78. The highest BCUT2D eigenvalue weighted by molar-refractivity contribution is 4.62. The largest absolute Gasteiger partial charge is 0.0654 e. The van der Waals surface area contributed by atoms with Gasteiger partial charge in [0.1, 0.15) is 0 Å². The molecule has 0 amide bonds. The SMILES string of the molecule is CCCCCCCCCCCCCC(CCCCC)CCCCCCCCCCCC. The molecule has 0 heteroatoms. The maximum Gasteiger partial charge on any atom is -0.0414 e. The van der Waals surface area contributed by atoms with Crippen LogP contribution in [-0.4, -0.2) is 0 Å². The van der Waals surface area contributed by atoms with Gasteiger partial charge in [-0.15, -0.1) is 0 Å². The lowest BCUT2D eigenvalue weighted by molar-refractivity contribution is 0.367. The monoisotopic (exact) mass is 437 g/mol. The van der Waals surface area contributed by atoms with E-state index in [9.17, 15) is 0 Å². The Morgan fingerprint density at radius 3 is 0.742 bits per heavy atom. The third-order valence-corrected chi connectivity index (χ3v) is 7.40. The van der Waals surface area contributed by atoms with E-state index in [0.29, 0.717) is 0 Å². The Morgan fingerprint density at radius 1 is 0.258 bits per heavy atom. The van der Waals surface area contributed by atoms with E-state index in [1.54, 1.807) is 0 Å². The molecule has 0 rings (SSSR count). The summed E-state index contributed by atoms with van der Waals surface area (Å²) in [5.41, 5.74) is 0. The van der Waals surface area contributed by atoms with Gasteiger partial charge in [-0.25, -0.2) is 0 Å². The molecule has 0 fully saturated rings. The van der Waals surface area contributed by atoms with Crippen molar-refractivity contribution in [1.29, 1.82) is 0 Å². The zero-order valence-corrected chi connectivity index (χ0v) is 22.7. The van der Waals surface area contributed by atoms with Gasteiger partial charge in [-0.3, -0.25) is 0 Å². The van der Waals surface area contributed by atoms with Crippen LogP contribution in [0.2, 0.25) is 0 Å². The molecule has 188 valence electrons. The maximum absolute atomic E-state index is 2.35. The predicted octanol–water partition coefficient (Wildman–Crippen LogP) is 12.2. The summed E-state index contributed by atoms with van der Waals surface area (Å²) in [6.45, 7) is 6.97. The van der Waals surface area contributed by atoms with E-state index in [1.165, 1.54) is 173 Å². The van der Waals surface area contributed by atoms with E-state index in [-0.39, 0.29) is 0 Å². The quantitative estimate of drug-likeness (QED) is 0.112. The molecule has 0 spiro atoms. The fourth-order valence-corrected chi connectivity index (χ4v) is 5.13. The molecule has 1 unspecified atom stereocenters. The topological polar surface area (TPSA) is 0 Å². The second-order valence-corrected chi connectivity index (χ2v) is 10.7. The lowest BCUT2D eigenvalue weighted by Gasteiger charge is -2.17. The highest BCUT2D eigenvalue weighted by Gasteiger charge is 2.08. The van der Waals surface area contributed by atoms with Gasteiger partial charge in [0.15, 0.2) is 0 Å². The predicted molar refractivity (Wildman–Crippen MR) is 145 cm³/mol. The van der Waals surface area contributed by atoms with Crippen LogP contribution in [-0.2, 0) is 0 Å². The number of hydrogen-bond acceptors (Lipinski definition) is 0. The normalized spacial score (nSPS) is 12.5. The molecule has 0 aromatic carbocycles. The zero-order chi connectivity index (χ0) is 22.7. The second-order valence-electron chi connectivity index (χ2n) is 10.7. The minimum Gasteiger partial charge on any atom is -0.0654 e. The third-order valence-electron chi connectivity index (χ3n) is 7.40. The Labute approximate surface area is 200 Å². The molecule has 0 aromatic rings. The Morgan fingerprint density at radius 2 is 0.452 bits per heavy atom. The van der Waals surface area contributed by atoms with Gasteiger partial charge in [-0.05, 0) is 5.92 Å². The summed E-state index contributed by atoms with van der Waals surface area (Å²) in [5.74, 6) is 1.04. The van der Waals surface area contributed by atoms with Crippen LogP contribution in [0.5, 0.6) is 0 Å². The lowest BCUT2D eigenvalue weighted by Crippen LogP contribution is -2.01. The first-order valence-corrected chi connectivity index (χ1v) is 15.3. The second kappa shape index (κ2) is 28.0. The first kappa shape index (κ1) is 31.0. The number of unbranched alkanes of at least 4 members (excludes halogenated alkanes) is 21. The van der Waals surface area contributed by atoms with Gasteiger partial charge in [0.25, 0.3) is 0 Å². The third kappa shape index (κ3) is 26.1. The van der Waals surface area contributed by atoms with Crippen molar-refractivity contribution in [1.82, 2.24) is 0 Å². The molecule has 0 aliphatic rings. The van der Waals surface area contributed by atoms with Crippen LogP contribution in [0.3, 0.4) is 0 Å². The van der Waals surface area contributed by atoms with E-state index in [0.717, 1.165) is 5.92 Å². The fourth-order valence-electron chi connectivity index (χ4n) is 5.13. The van der Waals surface area contributed by atoms with Crippen LogP contribution < -0.4 is 0 Å². The van der Waals surface area contributed by atoms with Crippen LogP contribution in [0.25, 0.3) is 0 Å². The standard InChI is InChI=1S/C31H64/c1-4-7-10-12-14-16-18-20-22-24-27-30-31(28-25-9-6-3)29-26-23-21-19-17-15-13-11-8-5-2/h31H,4-30H2,1-3H3. The molecule has 0 radical (unpaired) electrons. The van der Waals surface area contributed by atoms with Crippen molar-refractivity contribution in [2.75, 3.05) is 0 Å². The molecule has 1 atom stereocenters. The number of hydrogen-bond donors (Lipinski definition) is 0. The summed E-state index contributed by atoms with van der Waals surface area (Å²) >= 11 is 0. The highest BCUT2D eigenvalue weighted by Crippen LogP contribution is 2.24. The van der Waals surface area contributed by atoms with E-state index >= 15 is 0 Å². The van der Waals surface area contributed by atoms with E-state index in [1.807, 2.05) is 0 Å². The summed E-state index contributed by atoms with van der Waals surface area (Å²) in [7, 11) is 0. The molecule has 0 saturated heterocycles. The van der Waals surface area contributed by atoms with Gasteiger partial charge in [-0.1, -0.05) is 194 Å². The van der Waals surface area contributed by atoms with Crippen LogP contribution >= 0.6 is 0 Å². The van der Waals surface area contributed by atoms with Crippen LogP contribution in [0, 0.1) is 5.92 Å². The Bertz CT molecular complexity index is 294. The summed E-state index contributed by atoms with van der Waals surface area (Å²) in [5, 5.41) is 0. The summed E-state index contributed by atoms with van der Waals surface area (Å²) < 4.78 is 0. The van der Waals surface area contributed by atoms with Gasteiger partial charge in [0.05, 0.1) is 0 Å². The van der Waals surface area contributed by atoms with Crippen molar-refractivity contribution in [3.8, 4) is 0 Å². The number of rotatable bonds is 27. The Kier molecular flexibility index (Phi) is 28.0. The van der Waals surface area contributed by atoms with Crippen molar-refractivity contribution in [2.24, 2.45) is 5.92 Å². The minimum absolute atomic E-state index is 1.04. The lowest BCUT2D eigenvalue weighted by atomic mass is 9.89. The van der Waals surface area contributed by atoms with Gasteiger partial charge in [0.2, 0.25) is 0 Å². The summed E-state index contributed by atoms with van der Waals surface area (Å²) in [6.07, 6.45) is 39.8. The molecular weight excluding hydrogens is 372 g/mol. The van der Waals surface area contributed by atoms with Crippen LogP contribution in [0.1, 0.15) is 194 Å². The van der Waals surface area contributed by atoms with E-state index in [4.69, 9.17) is 0 Å². The van der Waals surface area contributed by atoms with Crippen molar-refractivity contribution in [3.05, 3.63) is 0 Å². The van der Waals surface area contributed by atoms with Gasteiger partial charge >= 0.3 is 0 Å². The maximum atomic E-state index is 2.35. The molecule has 0 aliphatic heterocycles. The summed E-state index contributed by atoms with van der Waals surface area (Å²) in [4.78, 5) is 0. The zero-order valence-electron chi connectivity index (χ0n) is 22.7. The van der Waals surface area contributed by atoms with Crippen LogP contribution in [0.4, 0.5) is 0 Å².